The highest BCUT2D eigenvalue weighted by atomic mass is 16.5. The number of carbonyl (C=O) groups is 1. The third-order valence-electron chi connectivity index (χ3n) is 4.96. The van der Waals surface area contributed by atoms with Crippen LogP contribution in [0, 0.1) is 5.92 Å². The molecule has 1 aliphatic carbocycles. The molecule has 2 fully saturated rings. The van der Waals surface area contributed by atoms with Crippen LogP contribution in [0.3, 0.4) is 0 Å². The topological polar surface area (TPSA) is 89.1 Å². The van der Waals surface area contributed by atoms with E-state index in [2.05, 4.69) is 25.5 Å². The summed E-state index contributed by atoms with van der Waals surface area (Å²) in [7, 11) is 0. The molecular formula is C17H24N6O2. The van der Waals surface area contributed by atoms with Gasteiger partial charge in [0.2, 0.25) is 11.8 Å². The van der Waals surface area contributed by atoms with Gasteiger partial charge in [-0.2, -0.15) is 10.1 Å². The first-order valence-corrected chi connectivity index (χ1v) is 9.09. The molecule has 4 rings (SSSR count). The van der Waals surface area contributed by atoms with Crippen molar-refractivity contribution in [3.05, 3.63) is 24.1 Å². The zero-order valence-electron chi connectivity index (χ0n) is 14.5. The summed E-state index contributed by atoms with van der Waals surface area (Å²) < 4.78 is 7.11. The molecule has 3 heterocycles. The number of carbonyl (C=O) groups excluding carboxylic acids is 1. The number of hydrogen-bond donors (Lipinski definition) is 1. The molecule has 1 saturated heterocycles. The number of likely N-dealkylation sites (tertiary alicyclic amines) is 1. The largest absolute Gasteiger partial charge is 0.339 e. The highest BCUT2D eigenvalue weighted by molar-refractivity contribution is 5.92. The Hall–Kier alpha value is -2.22. The van der Waals surface area contributed by atoms with E-state index in [1.54, 1.807) is 10.9 Å². The van der Waals surface area contributed by atoms with Crippen LogP contribution in [0.2, 0.25) is 0 Å². The summed E-state index contributed by atoms with van der Waals surface area (Å²) in [6.45, 7) is 5.27. The second-order valence-corrected chi connectivity index (χ2v) is 6.95. The molecular weight excluding hydrogens is 320 g/mol. The molecule has 8 heteroatoms. The van der Waals surface area contributed by atoms with Gasteiger partial charge in [0.25, 0.3) is 0 Å². The molecule has 1 N–H and O–H groups in total. The Bertz CT molecular complexity index is 727. The number of nitrogens with zero attached hydrogens (tertiary/aromatic N) is 5. The molecule has 0 bridgehead atoms. The summed E-state index contributed by atoms with van der Waals surface area (Å²) in [4.78, 5) is 19.2. The van der Waals surface area contributed by atoms with Crippen LogP contribution in [-0.4, -0.2) is 43.8 Å². The first-order valence-electron chi connectivity index (χ1n) is 9.09. The molecule has 0 unspecified atom stereocenters. The van der Waals surface area contributed by atoms with Gasteiger partial charge in [-0.25, -0.2) is 0 Å². The summed E-state index contributed by atoms with van der Waals surface area (Å²) in [6.07, 6.45) is 7.59. The van der Waals surface area contributed by atoms with Crippen molar-refractivity contribution >= 4 is 11.6 Å². The molecule has 0 spiro atoms. The van der Waals surface area contributed by atoms with E-state index in [0.29, 0.717) is 12.5 Å². The Kier molecular flexibility index (Phi) is 4.52. The number of piperidine rings is 1. The monoisotopic (exact) mass is 344 g/mol. The van der Waals surface area contributed by atoms with Crippen LogP contribution >= 0.6 is 0 Å². The lowest BCUT2D eigenvalue weighted by molar-refractivity contribution is -0.121. The van der Waals surface area contributed by atoms with Crippen LogP contribution < -0.4 is 5.32 Å². The first-order chi connectivity index (χ1) is 12.2. The summed E-state index contributed by atoms with van der Waals surface area (Å²) >= 11 is 0. The van der Waals surface area contributed by atoms with Gasteiger partial charge in [0, 0.05) is 24.6 Å². The van der Waals surface area contributed by atoms with E-state index in [1.165, 1.54) is 12.8 Å². The molecule has 25 heavy (non-hydrogen) atoms. The third kappa shape index (κ3) is 3.89. The molecule has 2 aromatic rings. The van der Waals surface area contributed by atoms with Crippen molar-refractivity contribution in [3.63, 3.8) is 0 Å². The Balaban J connectivity index is 1.24. The second kappa shape index (κ2) is 6.95. The van der Waals surface area contributed by atoms with Crippen LogP contribution in [-0.2, 0) is 17.9 Å². The normalized spacial score (nSPS) is 19.2. The van der Waals surface area contributed by atoms with Crippen LogP contribution in [0.25, 0.3) is 0 Å². The molecule has 0 atom stereocenters. The maximum absolute atomic E-state index is 12.4. The average molecular weight is 344 g/mol. The van der Waals surface area contributed by atoms with Gasteiger partial charge in [-0.05, 0) is 45.7 Å². The lowest BCUT2D eigenvalue weighted by Gasteiger charge is -2.30. The van der Waals surface area contributed by atoms with Crippen molar-refractivity contribution in [1.29, 1.82) is 0 Å². The number of aryl methyl sites for hydroxylation is 1. The molecule has 1 amide bonds. The van der Waals surface area contributed by atoms with Crippen LogP contribution in [0.1, 0.15) is 50.2 Å². The van der Waals surface area contributed by atoms with Gasteiger partial charge in [-0.1, -0.05) is 5.16 Å². The molecule has 0 aromatic carbocycles. The van der Waals surface area contributed by atoms with Gasteiger partial charge in [0.1, 0.15) is 0 Å². The quantitative estimate of drug-likeness (QED) is 0.862. The van der Waals surface area contributed by atoms with Gasteiger partial charge in [0.05, 0.1) is 18.4 Å². The van der Waals surface area contributed by atoms with Crippen molar-refractivity contribution in [3.8, 4) is 0 Å². The number of nitrogens with one attached hydrogen (secondary N) is 1. The molecule has 134 valence electrons. The minimum atomic E-state index is 0.0496. The van der Waals surface area contributed by atoms with E-state index < -0.39 is 0 Å². The van der Waals surface area contributed by atoms with Gasteiger partial charge in [-0.15, -0.1) is 0 Å². The molecule has 1 saturated carbocycles. The minimum absolute atomic E-state index is 0.0496. The first kappa shape index (κ1) is 16.3. The fourth-order valence-electron chi connectivity index (χ4n) is 3.23. The molecule has 0 radical (unpaired) electrons. The summed E-state index contributed by atoms with van der Waals surface area (Å²) in [5.74, 6) is 2.18. The summed E-state index contributed by atoms with van der Waals surface area (Å²) in [5.41, 5.74) is 0.772. The van der Waals surface area contributed by atoms with Gasteiger partial charge in [-0.3, -0.25) is 14.4 Å². The number of rotatable bonds is 6. The van der Waals surface area contributed by atoms with E-state index in [9.17, 15) is 4.79 Å². The van der Waals surface area contributed by atoms with E-state index in [4.69, 9.17) is 4.52 Å². The lowest BCUT2D eigenvalue weighted by Crippen LogP contribution is -2.37. The van der Waals surface area contributed by atoms with Crippen molar-refractivity contribution in [1.82, 2.24) is 24.8 Å². The van der Waals surface area contributed by atoms with Crippen molar-refractivity contribution in [2.75, 3.05) is 18.4 Å². The fourth-order valence-corrected chi connectivity index (χ4v) is 3.23. The smallest absolute Gasteiger partial charge is 0.229 e. The number of amides is 1. The summed E-state index contributed by atoms with van der Waals surface area (Å²) in [6, 6.07) is 0. The maximum Gasteiger partial charge on any atom is 0.229 e. The average Bonchev–Trinajstić information content (AvgIpc) is 3.21. The molecule has 8 nitrogen and oxygen atoms in total. The van der Waals surface area contributed by atoms with Crippen molar-refractivity contribution < 1.29 is 9.32 Å². The standard InChI is InChI=1S/C17H24N6O2/c1-2-23-10-14(9-18-23)19-16(24)12-5-7-22(8-6-12)11-15-20-17(25-21-15)13-3-4-13/h9-10,12-13H,2-8,11H2,1H3,(H,19,24). The number of hydrogen-bond acceptors (Lipinski definition) is 6. The molecule has 2 aliphatic rings. The van der Waals surface area contributed by atoms with Crippen LogP contribution in [0.4, 0.5) is 5.69 Å². The van der Waals surface area contributed by atoms with Crippen molar-refractivity contribution in [2.24, 2.45) is 5.92 Å². The Morgan fingerprint density at radius 2 is 2.12 bits per heavy atom. The Morgan fingerprint density at radius 1 is 1.32 bits per heavy atom. The lowest BCUT2D eigenvalue weighted by atomic mass is 9.96. The highest BCUT2D eigenvalue weighted by Crippen LogP contribution is 2.38. The van der Waals surface area contributed by atoms with Gasteiger partial charge in [0.15, 0.2) is 5.82 Å². The highest BCUT2D eigenvalue weighted by Gasteiger charge is 2.30. The van der Waals surface area contributed by atoms with E-state index >= 15 is 0 Å². The zero-order valence-corrected chi connectivity index (χ0v) is 14.5. The van der Waals surface area contributed by atoms with E-state index in [-0.39, 0.29) is 11.8 Å². The Labute approximate surface area is 146 Å². The maximum atomic E-state index is 12.4. The minimum Gasteiger partial charge on any atom is -0.339 e. The van der Waals surface area contributed by atoms with Crippen LogP contribution in [0.5, 0.6) is 0 Å². The molecule has 2 aromatic heterocycles. The van der Waals surface area contributed by atoms with Gasteiger partial charge >= 0.3 is 0 Å². The predicted molar refractivity (Wildman–Crippen MR) is 90.8 cm³/mol. The van der Waals surface area contributed by atoms with E-state index in [1.807, 2.05) is 13.1 Å². The summed E-state index contributed by atoms with van der Waals surface area (Å²) in [5, 5.41) is 11.2. The molecule has 1 aliphatic heterocycles. The van der Waals surface area contributed by atoms with Gasteiger partial charge < -0.3 is 9.84 Å². The second-order valence-electron chi connectivity index (χ2n) is 6.95. The third-order valence-corrected chi connectivity index (χ3v) is 4.96. The fraction of sp³-hybridized carbons (Fsp3) is 0.647. The SMILES string of the molecule is CCn1cc(NC(=O)C2CCN(Cc3noc(C4CC4)n3)CC2)cn1. The number of anilines is 1. The van der Waals surface area contributed by atoms with Crippen LogP contribution in [0.15, 0.2) is 16.9 Å². The van der Waals surface area contributed by atoms with Crippen molar-refractivity contribution in [2.45, 2.75) is 51.6 Å². The number of aromatic nitrogens is 4. The van der Waals surface area contributed by atoms with E-state index in [0.717, 1.165) is 49.9 Å². The zero-order chi connectivity index (χ0) is 17.2. The predicted octanol–water partition coefficient (Wildman–Crippen LogP) is 2.01. The Morgan fingerprint density at radius 3 is 2.80 bits per heavy atom.